The van der Waals surface area contributed by atoms with Crippen molar-refractivity contribution in [1.82, 2.24) is 10.4 Å². The van der Waals surface area contributed by atoms with Gasteiger partial charge in [0.2, 0.25) is 5.91 Å². The van der Waals surface area contributed by atoms with Crippen molar-refractivity contribution in [1.29, 1.82) is 0 Å². The van der Waals surface area contributed by atoms with E-state index < -0.39 is 26.9 Å². The maximum absolute atomic E-state index is 13.7. The molecule has 1 aliphatic heterocycles. The highest BCUT2D eigenvalue weighted by molar-refractivity contribution is 7.92. The second-order valence-corrected chi connectivity index (χ2v) is 11.7. The van der Waals surface area contributed by atoms with Crippen molar-refractivity contribution < 1.29 is 32.7 Å². The van der Waals surface area contributed by atoms with E-state index in [2.05, 4.69) is 0 Å². The number of nitrogens with zero attached hydrogens (tertiary/aromatic N) is 1. The zero-order valence-electron chi connectivity index (χ0n) is 20.6. The van der Waals surface area contributed by atoms with E-state index in [0.717, 1.165) is 0 Å². The minimum Gasteiger partial charge on any atom is -0.496 e. The van der Waals surface area contributed by atoms with Crippen LogP contribution < -0.4 is 15.0 Å². The number of halogens is 1. The monoisotopic (exact) mass is 558 g/mol. The van der Waals surface area contributed by atoms with Gasteiger partial charge in [-0.15, -0.1) is 0 Å². The first-order chi connectivity index (χ1) is 18.2. The summed E-state index contributed by atoms with van der Waals surface area (Å²) in [5.74, 6) is -0.200. The van der Waals surface area contributed by atoms with Crippen LogP contribution in [0.2, 0.25) is 5.02 Å². The molecule has 0 saturated carbocycles. The van der Waals surface area contributed by atoms with Gasteiger partial charge in [0.15, 0.2) is 9.84 Å². The number of hydrogen-bond acceptors (Lipinski definition) is 7. The summed E-state index contributed by atoms with van der Waals surface area (Å²) in [7, 11) is -2.52. The topological polar surface area (TPSA) is 122 Å². The van der Waals surface area contributed by atoms with E-state index in [-0.39, 0.29) is 31.2 Å². The average molecular weight is 559 g/mol. The van der Waals surface area contributed by atoms with Gasteiger partial charge in [-0.25, -0.2) is 13.9 Å². The van der Waals surface area contributed by atoms with Crippen molar-refractivity contribution in [3.05, 3.63) is 88.9 Å². The fourth-order valence-electron chi connectivity index (χ4n) is 4.59. The minimum atomic E-state index is -3.97. The number of amides is 2. The standard InChI is InChI=1S/C27H27ClN2O7S/c1-36-24-5-3-2-4-23(24)26(32)30-15-14-27(18-25(31)29-33,38(34,35)17-16-30)19-6-10-21(11-7-19)37-22-12-8-20(28)9-13-22/h2-13,33H,14-18H2,1H3,(H,29,31). The van der Waals surface area contributed by atoms with E-state index in [1.807, 2.05) is 0 Å². The predicted molar refractivity (Wildman–Crippen MR) is 141 cm³/mol. The van der Waals surface area contributed by atoms with Crippen LogP contribution in [0, 0.1) is 0 Å². The number of carbonyl (C=O) groups is 2. The van der Waals surface area contributed by atoms with Crippen molar-refractivity contribution in [3.63, 3.8) is 0 Å². The average Bonchev–Trinajstić information content (AvgIpc) is 3.06. The number of nitrogens with one attached hydrogen (secondary N) is 1. The molecule has 0 aromatic heterocycles. The Bertz CT molecular complexity index is 1410. The highest BCUT2D eigenvalue weighted by atomic mass is 35.5. The van der Waals surface area contributed by atoms with E-state index in [1.165, 1.54) is 12.0 Å². The summed E-state index contributed by atoms with van der Waals surface area (Å²) in [5.41, 5.74) is 2.23. The van der Waals surface area contributed by atoms with E-state index >= 15 is 0 Å². The number of hydrogen-bond donors (Lipinski definition) is 2. The molecule has 2 N–H and O–H groups in total. The molecule has 9 nitrogen and oxygen atoms in total. The lowest BCUT2D eigenvalue weighted by molar-refractivity contribution is -0.130. The molecule has 0 bridgehead atoms. The Kier molecular flexibility index (Phi) is 8.25. The van der Waals surface area contributed by atoms with Crippen molar-refractivity contribution in [2.45, 2.75) is 17.6 Å². The number of methoxy groups -OCH3 is 1. The van der Waals surface area contributed by atoms with Gasteiger partial charge in [0, 0.05) is 18.1 Å². The summed E-state index contributed by atoms with van der Waals surface area (Å²) in [5, 5.41) is 9.80. The zero-order chi connectivity index (χ0) is 27.3. The Morgan fingerprint density at radius 3 is 2.26 bits per heavy atom. The van der Waals surface area contributed by atoms with Crippen LogP contribution in [0.25, 0.3) is 0 Å². The number of carbonyl (C=O) groups excluding carboxylic acids is 2. The van der Waals surface area contributed by atoms with Crippen LogP contribution >= 0.6 is 11.6 Å². The third-order valence-corrected chi connectivity index (χ3v) is 9.38. The van der Waals surface area contributed by atoms with Crippen molar-refractivity contribution >= 4 is 33.3 Å². The smallest absolute Gasteiger partial charge is 0.257 e. The van der Waals surface area contributed by atoms with Crippen LogP contribution in [-0.4, -0.2) is 56.3 Å². The number of hydroxylamine groups is 1. The first-order valence-corrected chi connectivity index (χ1v) is 13.8. The number of rotatable bonds is 7. The summed E-state index contributed by atoms with van der Waals surface area (Å²) in [4.78, 5) is 27.1. The Morgan fingerprint density at radius 1 is 1.00 bits per heavy atom. The Labute approximate surface area is 225 Å². The number of sulfone groups is 1. The van der Waals surface area contributed by atoms with E-state index in [9.17, 15) is 23.2 Å². The molecule has 1 unspecified atom stereocenters. The van der Waals surface area contributed by atoms with E-state index in [1.54, 1.807) is 78.3 Å². The molecule has 1 atom stereocenters. The third-order valence-electron chi connectivity index (χ3n) is 6.64. The van der Waals surface area contributed by atoms with Crippen molar-refractivity contribution in [2.75, 3.05) is 26.0 Å². The minimum absolute atomic E-state index is 0.0545. The normalized spacial score (nSPS) is 18.8. The van der Waals surface area contributed by atoms with Gasteiger partial charge < -0.3 is 14.4 Å². The summed E-state index contributed by atoms with van der Waals surface area (Å²) in [6, 6.07) is 19.9. The summed E-state index contributed by atoms with van der Waals surface area (Å²) in [6.45, 7) is 0.0112. The fraction of sp³-hybridized carbons (Fsp3) is 0.259. The van der Waals surface area contributed by atoms with E-state index in [4.69, 9.17) is 21.1 Å². The maximum atomic E-state index is 13.7. The molecule has 0 spiro atoms. The van der Waals surface area contributed by atoms with Crippen LogP contribution in [0.15, 0.2) is 72.8 Å². The predicted octanol–water partition coefficient (Wildman–Crippen LogP) is 4.19. The maximum Gasteiger partial charge on any atom is 0.257 e. The Balaban J connectivity index is 1.66. The second-order valence-electron chi connectivity index (χ2n) is 8.85. The molecule has 1 aliphatic rings. The fourth-order valence-corrected chi connectivity index (χ4v) is 6.82. The molecular weight excluding hydrogens is 532 g/mol. The summed E-state index contributed by atoms with van der Waals surface area (Å²) >= 11 is 5.92. The third kappa shape index (κ3) is 5.62. The highest BCUT2D eigenvalue weighted by Gasteiger charge is 2.49. The molecule has 200 valence electrons. The van der Waals surface area contributed by atoms with Crippen molar-refractivity contribution in [3.8, 4) is 17.2 Å². The molecule has 11 heteroatoms. The molecule has 1 saturated heterocycles. The molecule has 38 heavy (non-hydrogen) atoms. The number of ether oxygens (including phenoxy) is 2. The second kappa shape index (κ2) is 11.4. The Hall–Kier alpha value is -3.60. The molecular formula is C27H27ClN2O7S. The van der Waals surface area contributed by atoms with Crippen LogP contribution in [0.3, 0.4) is 0 Å². The first kappa shape index (κ1) is 27.4. The van der Waals surface area contributed by atoms with Gasteiger partial charge in [0.05, 0.1) is 24.8 Å². The van der Waals surface area contributed by atoms with Gasteiger partial charge in [-0.05, 0) is 60.5 Å². The van der Waals surface area contributed by atoms with Crippen LogP contribution in [-0.2, 0) is 19.4 Å². The first-order valence-electron chi connectivity index (χ1n) is 11.8. The quantitative estimate of drug-likeness (QED) is 0.329. The zero-order valence-corrected chi connectivity index (χ0v) is 22.2. The van der Waals surface area contributed by atoms with Gasteiger partial charge in [0.25, 0.3) is 5.91 Å². The summed E-state index contributed by atoms with van der Waals surface area (Å²) in [6.07, 6.45) is -0.569. The molecule has 4 rings (SSSR count). The summed E-state index contributed by atoms with van der Waals surface area (Å²) < 4.78 is 36.9. The molecule has 1 heterocycles. The highest BCUT2D eigenvalue weighted by Crippen LogP contribution is 2.41. The van der Waals surface area contributed by atoms with Gasteiger partial charge in [0.1, 0.15) is 22.0 Å². The van der Waals surface area contributed by atoms with Gasteiger partial charge in [-0.1, -0.05) is 35.9 Å². The lowest BCUT2D eigenvalue weighted by atomic mass is 9.90. The SMILES string of the molecule is COc1ccccc1C(=O)N1CCC(CC(=O)NO)(c2ccc(Oc3ccc(Cl)cc3)cc2)S(=O)(=O)CC1. The van der Waals surface area contributed by atoms with E-state index in [0.29, 0.717) is 33.4 Å². The molecule has 0 aliphatic carbocycles. The van der Waals surface area contributed by atoms with Gasteiger partial charge >= 0.3 is 0 Å². The van der Waals surface area contributed by atoms with Crippen molar-refractivity contribution in [2.24, 2.45) is 0 Å². The number of para-hydroxylation sites is 1. The van der Waals surface area contributed by atoms with Crippen LogP contribution in [0.5, 0.6) is 17.2 Å². The van der Waals surface area contributed by atoms with Gasteiger partial charge in [-0.3, -0.25) is 14.8 Å². The molecule has 3 aromatic carbocycles. The van der Waals surface area contributed by atoms with Crippen LogP contribution in [0.4, 0.5) is 0 Å². The molecule has 1 fully saturated rings. The molecule has 3 aromatic rings. The number of benzene rings is 3. The Morgan fingerprint density at radius 2 is 1.63 bits per heavy atom. The largest absolute Gasteiger partial charge is 0.496 e. The molecule has 2 amide bonds. The lowest BCUT2D eigenvalue weighted by Gasteiger charge is -2.32. The lowest BCUT2D eigenvalue weighted by Crippen LogP contribution is -2.42. The van der Waals surface area contributed by atoms with Gasteiger partial charge in [-0.2, -0.15) is 0 Å². The molecule has 0 radical (unpaired) electrons. The van der Waals surface area contributed by atoms with Crippen LogP contribution in [0.1, 0.15) is 28.8 Å².